The second kappa shape index (κ2) is 7.52. The van der Waals surface area contributed by atoms with Crippen molar-refractivity contribution in [2.45, 2.75) is 6.10 Å². The number of cyclic esters (lactones) is 1. The van der Waals surface area contributed by atoms with Gasteiger partial charge in [-0.1, -0.05) is 0 Å². The summed E-state index contributed by atoms with van der Waals surface area (Å²) in [5, 5.41) is 27.1. The number of hydrazone groups is 2. The highest BCUT2D eigenvalue weighted by molar-refractivity contribution is 6.45. The van der Waals surface area contributed by atoms with E-state index in [1.54, 1.807) is 18.1 Å². The maximum atomic E-state index is 14.5. The molecule has 0 aliphatic carbocycles. The molecule has 13 heteroatoms. The number of rotatable bonds is 4. The lowest BCUT2D eigenvalue weighted by Crippen LogP contribution is -2.44. The van der Waals surface area contributed by atoms with Crippen LogP contribution in [-0.2, 0) is 4.74 Å². The van der Waals surface area contributed by atoms with E-state index in [2.05, 4.69) is 26.7 Å². The summed E-state index contributed by atoms with van der Waals surface area (Å²) in [5.74, 6) is 0.0101. The topological polar surface area (TPSA) is 141 Å². The number of carbonyl (C=O) groups excluding carboxylic acids is 1. The van der Waals surface area contributed by atoms with Crippen LogP contribution in [0.3, 0.4) is 0 Å². The number of nitrogens with one attached hydrogen (secondary N) is 4. The molecule has 12 nitrogen and oxygen atoms in total. The van der Waals surface area contributed by atoms with E-state index in [9.17, 15) is 9.18 Å². The van der Waals surface area contributed by atoms with Gasteiger partial charge in [-0.2, -0.15) is 5.10 Å². The molecule has 3 heterocycles. The van der Waals surface area contributed by atoms with E-state index in [1.165, 1.54) is 17.0 Å². The second-order valence-corrected chi connectivity index (χ2v) is 6.66. The number of likely N-dealkylation sites (tertiary alicyclic amines) is 1. The first-order valence-electron chi connectivity index (χ1n) is 8.82. The number of ether oxygens (including phenoxy) is 1. The number of anilines is 2. The van der Waals surface area contributed by atoms with Crippen LogP contribution in [0.5, 0.6) is 0 Å². The first kappa shape index (κ1) is 18.9. The van der Waals surface area contributed by atoms with Gasteiger partial charge >= 0.3 is 6.09 Å². The lowest BCUT2D eigenvalue weighted by atomic mass is 10.2. The highest BCUT2D eigenvalue weighted by Gasteiger charge is 2.32. The zero-order valence-electron chi connectivity index (χ0n) is 15.5. The third-order valence-corrected chi connectivity index (χ3v) is 4.65. The van der Waals surface area contributed by atoms with Crippen molar-refractivity contribution in [2.24, 2.45) is 10.2 Å². The molecular weight excluding hydrogens is 385 g/mol. The lowest BCUT2D eigenvalue weighted by Gasteiger charge is -2.20. The fourth-order valence-corrected chi connectivity index (χ4v) is 3.13. The number of hydrogen-bond donors (Lipinski definition) is 5. The van der Waals surface area contributed by atoms with Crippen molar-refractivity contribution in [3.8, 4) is 0 Å². The van der Waals surface area contributed by atoms with Crippen LogP contribution >= 0.6 is 0 Å². The van der Waals surface area contributed by atoms with E-state index in [0.29, 0.717) is 36.2 Å². The standard InChI is InChI=1S/C16H20FN9O3/c1-24-15(21-22-23-24)25-6-12(18)14(7-25)20-19-13-3-2-9(4-11(13)17)26-5-10(8-27)29-16(26)28/h2-4,10,18-19,22-23,27H,5-8H2,1H3/b18-12?,20-14-/t10-/m1/s1. The van der Waals surface area contributed by atoms with Crippen molar-refractivity contribution in [3.63, 3.8) is 0 Å². The molecule has 4 rings (SSSR count). The molecule has 0 unspecified atom stereocenters. The first-order valence-corrected chi connectivity index (χ1v) is 8.82. The summed E-state index contributed by atoms with van der Waals surface area (Å²) in [4.78, 5) is 14.9. The van der Waals surface area contributed by atoms with Crippen molar-refractivity contribution in [1.82, 2.24) is 21.0 Å². The zero-order valence-corrected chi connectivity index (χ0v) is 15.5. The number of benzene rings is 1. The van der Waals surface area contributed by atoms with Crippen molar-refractivity contribution in [3.05, 3.63) is 24.0 Å². The Bertz CT molecular complexity index is 906. The molecule has 1 amide bonds. The fraction of sp³-hybridized carbons (Fsp3) is 0.375. The van der Waals surface area contributed by atoms with Gasteiger partial charge in [-0.05, 0) is 18.2 Å². The number of guanidine groups is 1. The summed E-state index contributed by atoms with van der Waals surface area (Å²) in [7, 11) is 1.78. The van der Waals surface area contributed by atoms with Gasteiger partial charge in [0.25, 0.3) is 0 Å². The van der Waals surface area contributed by atoms with Crippen LogP contribution in [0.15, 0.2) is 28.4 Å². The average Bonchev–Trinajstić information content (AvgIpc) is 3.39. The Morgan fingerprint density at radius 3 is 2.97 bits per heavy atom. The molecule has 5 N–H and O–H groups in total. The maximum Gasteiger partial charge on any atom is 0.414 e. The first-order chi connectivity index (χ1) is 14.0. The molecule has 0 aromatic heterocycles. The van der Waals surface area contributed by atoms with E-state index >= 15 is 0 Å². The number of carbonyl (C=O) groups is 1. The van der Waals surface area contributed by atoms with Gasteiger partial charge in [0.15, 0.2) is 0 Å². The Morgan fingerprint density at radius 1 is 1.48 bits per heavy atom. The minimum atomic E-state index is -0.632. The third-order valence-electron chi connectivity index (χ3n) is 4.65. The summed E-state index contributed by atoms with van der Waals surface area (Å²) in [5.41, 5.74) is 9.25. The van der Waals surface area contributed by atoms with Crippen LogP contribution in [0, 0.1) is 11.2 Å². The number of hydrazine groups is 2. The van der Waals surface area contributed by atoms with Crippen LogP contribution in [0.4, 0.5) is 20.6 Å². The summed E-state index contributed by atoms with van der Waals surface area (Å²) < 4.78 is 19.4. The number of halogens is 1. The summed E-state index contributed by atoms with van der Waals surface area (Å²) in [6.45, 7) is 0.538. The van der Waals surface area contributed by atoms with Gasteiger partial charge in [-0.3, -0.25) is 15.3 Å². The van der Waals surface area contributed by atoms with Gasteiger partial charge in [0.05, 0.1) is 43.3 Å². The number of aliphatic hydroxyl groups excluding tert-OH is 1. The zero-order chi connectivity index (χ0) is 20.5. The molecule has 3 aliphatic heterocycles. The Kier molecular flexibility index (Phi) is 4.90. The van der Waals surface area contributed by atoms with Crippen molar-refractivity contribution in [1.29, 1.82) is 5.41 Å². The summed E-state index contributed by atoms with van der Waals surface area (Å²) in [6, 6.07) is 4.20. The second-order valence-electron chi connectivity index (χ2n) is 6.66. The highest BCUT2D eigenvalue weighted by atomic mass is 19.1. The van der Waals surface area contributed by atoms with Crippen molar-refractivity contribution < 1.29 is 19.0 Å². The number of amides is 1. The summed E-state index contributed by atoms with van der Waals surface area (Å²) in [6.07, 6.45) is -1.26. The van der Waals surface area contributed by atoms with E-state index in [1.807, 2.05) is 4.90 Å². The molecule has 0 radical (unpaired) electrons. The van der Waals surface area contributed by atoms with Crippen LogP contribution in [0.2, 0.25) is 0 Å². The molecule has 2 saturated heterocycles. The monoisotopic (exact) mass is 405 g/mol. The predicted octanol–water partition coefficient (Wildman–Crippen LogP) is -0.528. The smallest absolute Gasteiger partial charge is 0.414 e. The lowest BCUT2D eigenvalue weighted by molar-refractivity contribution is 0.0963. The molecule has 154 valence electrons. The van der Waals surface area contributed by atoms with Crippen LogP contribution in [0.25, 0.3) is 0 Å². The minimum absolute atomic E-state index is 0.109. The molecule has 0 bridgehead atoms. The number of aliphatic hydroxyl groups is 1. The van der Waals surface area contributed by atoms with Gasteiger partial charge in [-0.15, -0.1) is 10.6 Å². The van der Waals surface area contributed by atoms with Gasteiger partial charge < -0.3 is 20.2 Å². The van der Waals surface area contributed by atoms with Crippen molar-refractivity contribution in [2.75, 3.05) is 43.6 Å². The van der Waals surface area contributed by atoms with E-state index in [-0.39, 0.29) is 18.8 Å². The molecule has 29 heavy (non-hydrogen) atoms. The molecule has 3 aliphatic rings. The maximum absolute atomic E-state index is 14.5. The third kappa shape index (κ3) is 3.64. The van der Waals surface area contributed by atoms with Crippen LogP contribution in [-0.4, -0.2) is 77.9 Å². The SMILES string of the molecule is CN1NNN=C1N1CC(=N)/C(=N\Nc2ccc(N3C[C@H](CO)OC3=O)cc2F)C1. The minimum Gasteiger partial charge on any atom is -0.441 e. The highest BCUT2D eigenvalue weighted by Crippen LogP contribution is 2.26. The molecule has 2 fully saturated rings. The largest absolute Gasteiger partial charge is 0.441 e. The van der Waals surface area contributed by atoms with Gasteiger partial charge in [0, 0.05) is 7.05 Å². The van der Waals surface area contributed by atoms with E-state index in [4.69, 9.17) is 15.3 Å². The van der Waals surface area contributed by atoms with E-state index in [0.717, 1.165) is 0 Å². The van der Waals surface area contributed by atoms with Crippen molar-refractivity contribution >= 4 is 34.9 Å². The quantitative estimate of drug-likeness (QED) is 0.421. The Morgan fingerprint density at radius 2 is 2.31 bits per heavy atom. The molecule has 0 saturated carbocycles. The molecule has 0 spiro atoms. The predicted molar refractivity (Wildman–Crippen MR) is 103 cm³/mol. The molecule has 1 aromatic rings. The van der Waals surface area contributed by atoms with Crippen LogP contribution in [0.1, 0.15) is 0 Å². The normalized spacial score (nSPS) is 23.0. The van der Waals surface area contributed by atoms with Gasteiger partial charge in [0.1, 0.15) is 17.6 Å². The van der Waals surface area contributed by atoms with Gasteiger partial charge in [-0.25, -0.2) is 14.7 Å². The van der Waals surface area contributed by atoms with Gasteiger partial charge in [0.2, 0.25) is 5.96 Å². The fourth-order valence-electron chi connectivity index (χ4n) is 3.13. The van der Waals surface area contributed by atoms with E-state index < -0.39 is 18.0 Å². The Labute approximate surface area is 165 Å². The Hall–Kier alpha value is -3.45. The average molecular weight is 405 g/mol. The number of nitrogens with zero attached hydrogens (tertiary/aromatic N) is 5. The Balaban J connectivity index is 1.43. The molecular formula is C16H20FN9O3. The number of hydrogen-bond acceptors (Lipinski definition) is 11. The molecule has 1 atom stereocenters. The van der Waals surface area contributed by atoms with Crippen LogP contribution < -0.4 is 21.4 Å². The molecule has 1 aromatic carbocycles. The summed E-state index contributed by atoms with van der Waals surface area (Å²) >= 11 is 0.